The largest absolute Gasteiger partial charge is 0.399 e. The fraction of sp³-hybridized carbons (Fsp3) is 0.700. The van der Waals surface area contributed by atoms with Gasteiger partial charge in [0.05, 0.1) is 0 Å². The maximum atomic E-state index is 5.75. The number of hydrogen-bond acceptors (Lipinski definition) is 4. The molecule has 3 rings (SSSR count). The molecule has 138 valence electrons. The van der Waals surface area contributed by atoms with Crippen LogP contribution in [-0.2, 0) is 0 Å². The van der Waals surface area contributed by atoms with Crippen molar-refractivity contribution in [1.29, 1.82) is 0 Å². The molecule has 4 heteroatoms. The van der Waals surface area contributed by atoms with Gasteiger partial charge in [0.2, 0.25) is 0 Å². The molecule has 1 aromatic rings. The summed E-state index contributed by atoms with van der Waals surface area (Å²) in [5.74, 6) is 0. The number of piperazine rings is 1. The standard InChI is InChI=1S/C16H26N4.2C2H6/c1-18-8-2-3-16(18)13-19-9-11-20(12-10-19)15-6-4-14(17)5-7-15;2*1-2/h4-7,16H,2-3,8-13,17H2,1H3;2*1-2H3. The van der Waals surface area contributed by atoms with E-state index in [1.165, 1.54) is 44.7 Å². The van der Waals surface area contributed by atoms with Crippen LogP contribution in [-0.4, -0.2) is 62.2 Å². The van der Waals surface area contributed by atoms with Gasteiger partial charge in [-0.25, -0.2) is 0 Å². The summed E-state index contributed by atoms with van der Waals surface area (Å²) in [6, 6.07) is 9.04. The Labute approximate surface area is 149 Å². The van der Waals surface area contributed by atoms with Crippen molar-refractivity contribution >= 4 is 11.4 Å². The van der Waals surface area contributed by atoms with E-state index >= 15 is 0 Å². The predicted molar refractivity (Wildman–Crippen MR) is 108 cm³/mol. The van der Waals surface area contributed by atoms with Crippen LogP contribution in [0.15, 0.2) is 24.3 Å². The van der Waals surface area contributed by atoms with Crippen molar-refractivity contribution in [3.05, 3.63) is 24.3 Å². The number of anilines is 2. The Morgan fingerprint density at radius 2 is 1.50 bits per heavy atom. The van der Waals surface area contributed by atoms with E-state index in [9.17, 15) is 0 Å². The number of benzene rings is 1. The second-order valence-electron chi connectivity index (χ2n) is 6.16. The highest BCUT2D eigenvalue weighted by molar-refractivity contribution is 5.53. The van der Waals surface area contributed by atoms with E-state index in [-0.39, 0.29) is 0 Å². The lowest BCUT2D eigenvalue weighted by Crippen LogP contribution is -2.50. The number of likely N-dealkylation sites (tertiary alicyclic amines) is 1. The van der Waals surface area contributed by atoms with Gasteiger partial charge in [-0.1, -0.05) is 27.7 Å². The summed E-state index contributed by atoms with van der Waals surface area (Å²) in [6.07, 6.45) is 2.74. The van der Waals surface area contributed by atoms with Crippen molar-refractivity contribution in [1.82, 2.24) is 9.80 Å². The molecule has 0 bridgehead atoms. The molecule has 1 aromatic carbocycles. The van der Waals surface area contributed by atoms with Crippen LogP contribution in [0.5, 0.6) is 0 Å². The molecule has 2 aliphatic rings. The highest BCUT2D eigenvalue weighted by atomic mass is 15.3. The molecule has 0 aromatic heterocycles. The molecule has 2 N–H and O–H groups in total. The van der Waals surface area contributed by atoms with Gasteiger partial charge in [-0.2, -0.15) is 0 Å². The average molecular weight is 335 g/mol. The van der Waals surface area contributed by atoms with Gasteiger partial charge in [0.1, 0.15) is 0 Å². The van der Waals surface area contributed by atoms with Gasteiger partial charge in [0.15, 0.2) is 0 Å². The number of nitrogens with two attached hydrogens (primary N) is 1. The Morgan fingerprint density at radius 3 is 2.00 bits per heavy atom. The predicted octanol–water partition coefficient (Wildman–Crippen LogP) is 3.54. The molecule has 2 fully saturated rings. The zero-order chi connectivity index (χ0) is 17.9. The summed E-state index contributed by atoms with van der Waals surface area (Å²) in [4.78, 5) is 7.61. The second kappa shape index (κ2) is 11.3. The van der Waals surface area contributed by atoms with E-state index in [0.29, 0.717) is 0 Å². The third-order valence-electron chi connectivity index (χ3n) is 4.77. The van der Waals surface area contributed by atoms with Gasteiger partial charge in [0.25, 0.3) is 0 Å². The summed E-state index contributed by atoms with van der Waals surface area (Å²) in [5.41, 5.74) is 7.90. The van der Waals surface area contributed by atoms with Crippen molar-refractivity contribution < 1.29 is 0 Å². The average Bonchev–Trinajstić information content (AvgIpc) is 3.05. The minimum absolute atomic E-state index is 0.776. The fourth-order valence-corrected chi connectivity index (χ4v) is 3.38. The summed E-state index contributed by atoms with van der Waals surface area (Å²) in [6.45, 7) is 15.1. The van der Waals surface area contributed by atoms with Crippen molar-refractivity contribution in [2.45, 2.75) is 46.6 Å². The molecule has 0 amide bonds. The Morgan fingerprint density at radius 1 is 0.917 bits per heavy atom. The van der Waals surface area contributed by atoms with Crippen molar-refractivity contribution in [3.63, 3.8) is 0 Å². The van der Waals surface area contributed by atoms with Gasteiger partial charge in [-0.3, -0.25) is 4.90 Å². The van der Waals surface area contributed by atoms with Crippen LogP contribution < -0.4 is 10.6 Å². The lowest BCUT2D eigenvalue weighted by molar-refractivity contribution is 0.185. The molecule has 4 nitrogen and oxygen atoms in total. The van der Waals surface area contributed by atoms with Crippen LogP contribution in [0.2, 0.25) is 0 Å². The summed E-state index contributed by atoms with van der Waals surface area (Å²) >= 11 is 0. The summed E-state index contributed by atoms with van der Waals surface area (Å²) in [7, 11) is 2.27. The highest BCUT2D eigenvalue weighted by Gasteiger charge is 2.25. The number of rotatable bonds is 3. The molecule has 0 spiro atoms. The smallest absolute Gasteiger partial charge is 0.0368 e. The van der Waals surface area contributed by atoms with E-state index in [1.54, 1.807) is 0 Å². The molecule has 2 heterocycles. The third kappa shape index (κ3) is 5.99. The van der Waals surface area contributed by atoms with Crippen molar-refractivity contribution in [3.8, 4) is 0 Å². The minimum atomic E-state index is 0.776. The molecular weight excluding hydrogens is 296 g/mol. The Bertz CT molecular complexity index is 424. The third-order valence-corrected chi connectivity index (χ3v) is 4.77. The fourth-order valence-electron chi connectivity index (χ4n) is 3.38. The zero-order valence-electron chi connectivity index (χ0n) is 16.5. The Balaban J connectivity index is 0.000000671. The zero-order valence-corrected chi connectivity index (χ0v) is 16.5. The van der Waals surface area contributed by atoms with Crippen LogP contribution in [0, 0.1) is 0 Å². The van der Waals surface area contributed by atoms with Crippen molar-refractivity contribution in [2.75, 3.05) is 56.9 Å². The van der Waals surface area contributed by atoms with Gasteiger partial charge in [-0.05, 0) is 50.7 Å². The molecule has 0 aliphatic carbocycles. The first-order valence-electron chi connectivity index (χ1n) is 9.75. The summed E-state index contributed by atoms with van der Waals surface area (Å²) in [5, 5.41) is 0. The number of hydrogen-bond donors (Lipinski definition) is 1. The molecule has 1 unspecified atom stereocenters. The minimum Gasteiger partial charge on any atom is -0.399 e. The number of likely N-dealkylation sites (N-methyl/N-ethyl adjacent to an activating group) is 1. The molecule has 2 saturated heterocycles. The van der Waals surface area contributed by atoms with E-state index in [4.69, 9.17) is 5.73 Å². The first-order chi connectivity index (χ1) is 11.7. The molecule has 1 atom stereocenters. The molecule has 0 saturated carbocycles. The monoisotopic (exact) mass is 334 g/mol. The van der Waals surface area contributed by atoms with E-state index in [1.807, 2.05) is 39.8 Å². The Hall–Kier alpha value is -1.26. The maximum absolute atomic E-state index is 5.75. The van der Waals surface area contributed by atoms with Crippen LogP contribution in [0.1, 0.15) is 40.5 Å². The first-order valence-corrected chi connectivity index (χ1v) is 9.75. The number of nitrogens with zero attached hydrogens (tertiary/aromatic N) is 3. The van der Waals surface area contributed by atoms with E-state index in [0.717, 1.165) is 24.8 Å². The first kappa shape index (κ1) is 20.8. The molecule has 24 heavy (non-hydrogen) atoms. The van der Waals surface area contributed by atoms with Crippen molar-refractivity contribution in [2.24, 2.45) is 0 Å². The summed E-state index contributed by atoms with van der Waals surface area (Å²) < 4.78 is 0. The Kier molecular flexibility index (Phi) is 9.80. The van der Waals surface area contributed by atoms with Crippen LogP contribution in [0.25, 0.3) is 0 Å². The maximum Gasteiger partial charge on any atom is 0.0368 e. The van der Waals surface area contributed by atoms with Gasteiger partial charge in [0, 0.05) is 50.1 Å². The van der Waals surface area contributed by atoms with Gasteiger partial charge in [-0.15, -0.1) is 0 Å². The second-order valence-corrected chi connectivity index (χ2v) is 6.16. The number of nitrogen functional groups attached to an aromatic ring is 1. The van der Waals surface area contributed by atoms with Crippen LogP contribution >= 0.6 is 0 Å². The highest BCUT2D eigenvalue weighted by Crippen LogP contribution is 2.20. The van der Waals surface area contributed by atoms with Crippen LogP contribution in [0.3, 0.4) is 0 Å². The molecular formula is C20H38N4. The quantitative estimate of drug-likeness (QED) is 0.858. The molecule has 0 radical (unpaired) electrons. The SMILES string of the molecule is CC.CC.CN1CCCC1CN1CCN(c2ccc(N)cc2)CC1. The molecule has 2 aliphatic heterocycles. The lowest BCUT2D eigenvalue weighted by atomic mass is 10.2. The van der Waals surface area contributed by atoms with Crippen LogP contribution in [0.4, 0.5) is 11.4 Å². The lowest BCUT2D eigenvalue weighted by Gasteiger charge is -2.38. The topological polar surface area (TPSA) is 35.7 Å². The van der Waals surface area contributed by atoms with E-state index in [2.05, 4.69) is 33.9 Å². The van der Waals surface area contributed by atoms with E-state index < -0.39 is 0 Å². The van der Waals surface area contributed by atoms with Gasteiger partial charge >= 0.3 is 0 Å². The normalized spacial score (nSPS) is 21.5. The van der Waals surface area contributed by atoms with Gasteiger partial charge < -0.3 is 15.5 Å².